The van der Waals surface area contributed by atoms with Crippen molar-refractivity contribution < 1.29 is 9.90 Å². The van der Waals surface area contributed by atoms with Crippen LogP contribution in [0.4, 0.5) is 0 Å². The lowest BCUT2D eigenvalue weighted by Gasteiger charge is -2.10. The van der Waals surface area contributed by atoms with Gasteiger partial charge in [-0.15, -0.1) is 0 Å². The summed E-state index contributed by atoms with van der Waals surface area (Å²) in [5, 5.41) is 11.7. The highest BCUT2D eigenvalue weighted by molar-refractivity contribution is 5.92. The molecule has 0 saturated carbocycles. The summed E-state index contributed by atoms with van der Waals surface area (Å²) in [5.74, 6) is -0.0605. The fourth-order valence-corrected chi connectivity index (χ4v) is 2.60. The van der Waals surface area contributed by atoms with Gasteiger partial charge in [0.2, 0.25) is 5.91 Å². The summed E-state index contributed by atoms with van der Waals surface area (Å²) in [6.07, 6.45) is 17.8. The molecular weight excluding hydrogens is 286 g/mol. The second kappa shape index (κ2) is 16.0. The van der Waals surface area contributed by atoms with E-state index in [-0.39, 0.29) is 18.6 Å². The minimum absolute atomic E-state index is 0.0162. The molecule has 2 N–H and O–H groups in total. The summed E-state index contributed by atoms with van der Waals surface area (Å²) in [4.78, 5) is 11.8. The Morgan fingerprint density at radius 2 is 1.43 bits per heavy atom. The van der Waals surface area contributed by atoms with Gasteiger partial charge in [0.05, 0.1) is 6.61 Å². The average Bonchev–Trinajstić information content (AvgIpc) is 2.55. The zero-order chi connectivity index (χ0) is 17.3. The maximum Gasteiger partial charge on any atom is 0.246 e. The molecule has 0 aliphatic heterocycles. The van der Waals surface area contributed by atoms with Gasteiger partial charge in [0, 0.05) is 11.6 Å². The predicted octanol–water partition coefficient (Wildman–Crippen LogP) is 5.13. The maximum absolute atomic E-state index is 11.8. The molecule has 0 heterocycles. The van der Waals surface area contributed by atoms with E-state index in [0.717, 1.165) is 18.4 Å². The number of amides is 1. The Labute approximate surface area is 143 Å². The lowest BCUT2D eigenvalue weighted by Crippen LogP contribution is -2.35. The first kappa shape index (κ1) is 22.2. The first-order valence-electron chi connectivity index (χ1n) is 9.70. The molecule has 3 nitrogen and oxygen atoms in total. The van der Waals surface area contributed by atoms with Gasteiger partial charge >= 0.3 is 0 Å². The van der Waals surface area contributed by atoms with E-state index in [0.29, 0.717) is 0 Å². The predicted molar refractivity (Wildman–Crippen MR) is 99.5 cm³/mol. The Morgan fingerprint density at radius 1 is 0.957 bits per heavy atom. The molecule has 0 spiro atoms. The molecule has 0 aliphatic rings. The van der Waals surface area contributed by atoms with Crippen LogP contribution in [-0.4, -0.2) is 23.7 Å². The first-order valence-corrected chi connectivity index (χ1v) is 9.70. The van der Waals surface area contributed by atoms with Crippen LogP contribution in [0.1, 0.15) is 97.8 Å². The number of allylic oxidation sites excluding steroid dienone is 1. The molecule has 0 bridgehead atoms. The second-order valence-corrected chi connectivity index (χ2v) is 6.77. The number of hydrogen-bond donors (Lipinski definition) is 2. The molecule has 0 aromatic rings. The Bertz CT molecular complexity index is 313. The Balaban J connectivity index is 3.44. The van der Waals surface area contributed by atoms with Crippen molar-refractivity contribution in [2.24, 2.45) is 0 Å². The van der Waals surface area contributed by atoms with Crippen LogP contribution >= 0.6 is 0 Å². The fraction of sp³-hybridized carbons (Fsp3) is 0.850. The maximum atomic E-state index is 11.8. The van der Waals surface area contributed by atoms with Crippen molar-refractivity contribution in [1.29, 1.82) is 0 Å². The number of hydrogen-bond acceptors (Lipinski definition) is 2. The van der Waals surface area contributed by atoms with Gasteiger partial charge in [-0.1, -0.05) is 77.2 Å². The highest BCUT2D eigenvalue weighted by atomic mass is 16.3. The summed E-state index contributed by atoms with van der Waals surface area (Å²) < 4.78 is 0. The second-order valence-electron chi connectivity index (χ2n) is 6.77. The average molecular weight is 326 g/mol. The van der Waals surface area contributed by atoms with Crippen molar-refractivity contribution in [1.82, 2.24) is 5.32 Å². The molecule has 0 aromatic heterocycles. The highest BCUT2D eigenvalue weighted by Crippen LogP contribution is 2.12. The first-order chi connectivity index (χ1) is 11.1. The van der Waals surface area contributed by atoms with Crippen molar-refractivity contribution in [2.75, 3.05) is 6.61 Å². The van der Waals surface area contributed by atoms with Gasteiger partial charge in [0.1, 0.15) is 0 Å². The summed E-state index contributed by atoms with van der Waals surface area (Å²) in [5.41, 5.74) is 0.761. The monoisotopic (exact) mass is 325 g/mol. The molecule has 0 fully saturated rings. The Kier molecular flexibility index (Phi) is 15.5. The van der Waals surface area contributed by atoms with Crippen molar-refractivity contribution in [3.63, 3.8) is 0 Å². The van der Waals surface area contributed by atoms with Crippen molar-refractivity contribution in [3.8, 4) is 0 Å². The molecular formula is C20H39NO2. The lowest BCUT2D eigenvalue weighted by atomic mass is 10.0. The molecule has 3 heteroatoms. The quantitative estimate of drug-likeness (QED) is 0.324. The molecule has 0 rings (SSSR count). The summed E-state index contributed by atoms with van der Waals surface area (Å²) in [6, 6.07) is -0.173. The number of aliphatic hydroxyl groups excluding tert-OH is 1. The number of carbonyl (C=O) groups is 1. The van der Waals surface area contributed by atoms with E-state index in [2.05, 4.69) is 12.2 Å². The van der Waals surface area contributed by atoms with Crippen molar-refractivity contribution in [2.45, 2.75) is 104 Å². The van der Waals surface area contributed by atoms with Gasteiger partial charge in [-0.05, 0) is 26.7 Å². The highest BCUT2D eigenvalue weighted by Gasteiger charge is 2.07. The number of nitrogens with one attached hydrogen (secondary N) is 1. The number of aliphatic hydroxyl groups is 1. The summed E-state index contributed by atoms with van der Waals surface area (Å²) in [6.45, 7) is 5.89. The third-order valence-electron chi connectivity index (χ3n) is 4.27. The summed E-state index contributed by atoms with van der Waals surface area (Å²) >= 11 is 0. The van der Waals surface area contributed by atoms with Crippen LogP contribution in [0, 0.1) is 0 Å². The van der Waals surface area contributed by atoms with Gasteiger partial charge in [0.15, 0.2) is 0 Å². The van der Waals surface area contributed by atoms with Crippen LogP contribution < -0.4 is 5.32 Å². The van der Waals surface area contributed by atoms with Gasteiger partial charge < -0.3 is 10.4 Å². The van der Waals surface area contributed by atoms with E-state index in [1.165, 1.54) is 64.2 Å². The molecule has 0 radical (unpaired) electrons. The van der Waals surface area contributed by atoms with Crippen LogP contribution in [0.5, 0.6) is 0 Å². The fourth-order valence-electron chi connectivity index (χ4n) is 2.60. The number of carbonyl (C=O) groups excluding carboxylic acids is 1. The largest absolute Gasteiger partial charge is 0.394 e. The zero-order valence-electron chi connectivity index (χ0n) is 15.7. The smallest absolute Gasteiger partial charge is 0.246 e. The molecule has 0 aromatic carbocycles. The molecule has 23 heavy (non-hydrogen) atoms. The minimum atomic E-state index is -0.173. The van der Waals surface area contributed by atoms with Gasteiger partial charge in [-0.2, -0.15) is 0 Å². The van der Waals surface area contributed by atoms with Crippen LogP contribution in [0.15, 0.2) is 11.6 Å². The molecule has 1 unspecified atom stereocenters. The number of rotatable bonds is 15. The third-order valence-corrected chi connectivity index (χ3v) is 4.27. The van der Waals surface area contributed by atoms with E-state index in [4.69, 9.17) is 5.11 Å². The van der Waals surface area contributed by atoms with Crippen molar-refractivity contribution in [3.05, 3.63) is 11.6 Å². The standard InChI is InChI=1S/C20H39NO2/c1-4-5-6-7-8-9-10-11-12-13-14-15-16-18(2)20(23)21-19(3)17-22/h16,19,22H,4-15,17H2,1-3H3,(H,21,23). The minimum Gasteiger partial charge on any atom is -0.394 e. The van der Waals surface area contributed by atoms with Crippen LogP contribution in [0.3, 0.4) is 0 Å². The SMILES string of the molecule is CCCCCCCCCCCCCC=C(C)C(=O)NC(C)CO. The third kappa shape index (κ3) is 14.5. The molecule has 1 atom stereocenters. The van der Waals surface area contributed by atoms with Gasteiger partial charge in [0.25, 0.3) is 0 Å². The van der Waals surface area contributed by atoms with Crippen LogP contribution in [0.25, 0.3) is 0 Å². The van der Waals surface area contributed by atoms with Crippen LogP contribution in [-0.2, 0) is 4.79 Å². The van der Waals surface area contributed by atoms with E-state index in [1.54, 1.807) is 6.92 Å². The topological polar surface area (TPSA) is 49.3 Å². The van der Waals surface area contributed by atoms with Gasteiger partial charge in [-0.25, -0.2) is 0 Å². The summed E-state index contributed by atoms with van der Waals surface area (Å²) in [7, 11) is 0. The van der Waals surface area contributed by atoms with Crippen LogP contribution in [0.2, 0.25) is 0 Å². The normalized spacial score (nSPS) is 13.1. The van der Waals surface area contributed by atoms with E-state index in [9.17, 15) is 4.79 Å². The van der Waals surface area contributed by atoms with Gasteiger partial charge in [-0.3, -0.25) is 4.79 Å². The number of unbranched alkanes of at least 4 members (excludes halogenated alkanes) is 11. The zero-order valence-corrected chi connectivity index (χ0v) is 15.7. The van der Waals surface area contributed by atoms with E-state index in [1.807, 2.05) is 13.0 Å². The lowest BCUT2D eigenvalue weighted by molar-refractivity contribution is -0.118. The van der Waals surface area contributed by atoms with E-state index < -0.39 is 0 Å². The van der Waals surface area contributed by atoms with E-state index >= 15 is 0 Å². The molecule has 136 valence electrons. The Morgan fingerprint density at radius 3 is 1.91 bits per heavy atom. The Hall–Kier alpha value is -0.830. The van der Waals surface area contributed by atoms with Crippen molar-refractivity contribution >= 4 is 5.91 Å². The molecule has 0 aliphatic carbocycles. The molecule has 0 saturated heterocycles. The molecule has 1 amide bonds.